The Kier molecular flexibility index (Phi) is 4.87. The molecule has 4 rings (SSSR count). The first-order valence-corrected chi connectivity index (χ1v) is 10.5. The Bertz CT molecular complexity index is 1240. The van der Waals surface area contributed by atoms with E-state index in [2.05, 4.69) is 9.97 Å². The van der Waals surface area contributed by atoms with E-state index in [1.54, 1.807) is 6.92 Å². The first kappa shape index (κ1) is 19.5. The molecule has 1 atom stereocenters. The summed E-state index contributed by atoms with van der Waals surface area (Å²) in [5.41, 5.74) is 0.944. The second-order valence-corrected chi connectivity index (χ2v) is 8.68. The summed E-state index contributed by atoms with van der Waals surface area (Å²) in [4.78, 5) is 19.3. The number of halogens is 1. The van der Waals surface area contributed by atoms with Crippen LogP contribution in [0.2, 0.25) is 0 Å². The maximum absolute atomic E-state index is 14.3. The normalized spacial score (nSPS) is 17.8. The summed E-state index contributed by atoms with van der Waals surface area (Å²) in [6, 6.07) is 4.25. The van der Waals surface area contributed by atoms with Crippen LogP contribution >= 0.6 is 0 Å². The van der Waals surface area contributed by atoms with E-state index in [0.29, 0.717) is 23.9 Å². The minimum Gasteiger partial charge on any atom is -0.471 e. The molecular weight excluding hydrogens is 403 g/mol. The lowest BCUT2D eigenvalue weighted by atomic mass is 10.3. The van der Waals surface area contributed by atoms with Crippen molar-refractivity contribution in [3.8, 4) is 5.88 Å². The topological polar surface area (TPSA) is 108 Å². The molecule has 0 N–H and O–H groups in total. The molecule has 0 aliphatic carbocycles. The van der Waals surface area contributed by atoms with Crippen LogP contribution in [0.5, 0.6) is 5.88 Å². The van der Waals surface area contributed by atoms with Crippen LogP contribution < -0.4 is 10.5 Å². The lowest BCUT2D eigenvalue weighted by Gasteiger charge is -2.17. The van der Waals surface area contributed by atoms with Gasteiger partial charge in [-0.1, -0.05) is 6.92 Å². The van der Waals surface area contributed by atoms with E-state index >= 15 is 0 Å². The van der Waals surface area contributed by atoms with Crippen molar-refractivity contribution in [2.45, 2.75) is 30.8 Å². The van der Waals surface area contributed by atoms with Gasteiger partial charge < -0.3 is 9.15 Å². The van der Waals surface area contributed by atoms with Crippen molar-refractivity contribution in [1.29, 1.82) is 0 Å². The van der Waals surface area contributed by atoms with Gasteiger partial charge in [0, 0.05) is 13.6 Å². The molecule has 11 heteroatoms. The Labute approximate surface area is 165 Å². The van der Waals surface area contributed by atoms with Gasteiger partial charge in [-0.15, -0.1) is 0 Å². The fourth-order valence-electron chi connectivity index (χ4n) is 3.30. The van der Waals surface area contributed by atoms with Crippen molar-refractivity contribution in [2.75, 3.05) is 13.1 Å². The average Bonchev–Trinajstić information content (AvgIpc) is 3.28. The molecule has 1 unspecified atom stereocenters. The molecule has 2 aromatic heterocycles. The quantitative estimate of drug-likeness (QED) is 0.613. The van der Waals surface area contributed by atoms with E-state index in [0.717, 1.165) is 0 Å². The number of nitrogens with zero attached hydrogens (tertiary/aromatic N) is 4. The Morgan fingerprint density at radius 1 is 1.34 bits per heavy atom. The van der Waals surface area contributed by atoms with Gasteiger partial charge in [0.05, 0.1) is 22.7 Å². The van der Waals surface area contributed by atoms with Crippen LogP contribution in [-0.2, 0) is 23.5 Å². The SMILES string of the molecule is CCc1ncnc(OC2CCN(S(=O)(=O)c3ccc4oc(=O)n(C)c4c3)C2)c1F. The van der Waals surface area contributed by atoms with Crippen molar-refractivity contribution in [3.05, 3.63) is 46.6 Å². The molecule has 0 amide bonds. The zero-order chi connectivity index (χ0) is 20.8. The third-order valence-electron chi connectivity index (χ3n) is 4.95. The highest BCUT2D eigenvalue weighted by atomic mass is 32.2. The third-order valence-corrected chi connectivity index (χ3v) is 6.81. The molecule has 1 aromatic carbocycles. The highest BCUT2D eigenvalue weighted by Gasteiger charge is 2.34. The molecule has 0 spiro atoms. The van der Waals surface area contributed by atoms with Crippen molar-refractivity contribution < 1.29 is 22.0 Å². The van der Waals surface area contributed by atoms with E-state index < -0.39 is 27.7 Å². The van der Waals surface area contributed by atoms with Gasteiger partial charge in [0.1, 0.15) is 12.4 Å². The second-order valence-electron chi connectivity index (χ2n) is 6.74. The van der Waals surface area contributed by atoms with Crippen LogP contribution in [0.15, 0.2) is 38.6 Å². The van der Waals surface area contributed by atoms with Crippen LogP contribution in [0, 0.1) is 5.82 Å². The molecule has 3 heterocycles. The summed E-state index contributed by atoms with van der Waals surface area (Å²) < 4.78 is 53.5. The summed E-state index contributed by atoms with van der Waals surface area (Å²) in [6.07, 6.45) is 1.50. The Morgan fingerprint density at radius 2 is 2.14 bits per heavy atom. The highest BCUT2D eigenvalue weighted by Crippen LogP contribution is 2.26. The Morgan fingerprint density at radius 3 is 2.90 bits per heavy atom. The van der Waals surface area contributed by atoms with E-state index in [1.165, 1.54) is 40.4 Å². The van der Waals surface area contributed by atoms with Gasteiger partial charge in [-0.25, -0.2) is 18.2 Å². The lowest BCUT2D eigenvalue weighted by molar-refractivity contribution is 0.195. The maximum Gasteiger partial charge on any atom is 0.419 e. The number of ether oxygens (including phenoxy) is 1. The molecule has 3 aromatic rings. The molecular formula is C18H19FN4O5S. The number of fused-ring (bicyclic) bond motifs is 1. The smallest absolute Gasteiger partial charge is 0.419 e. The molecule has 1 aliphatic heterocycles. The maximum atomic E-state index is 14.3. The Hall–Kier alpha value is -2.79. The molecule has 1 aliphatic rings. The number of hydrogen-bond acceptors (Lipinski definition) is 7. The number of oxazole rings is 1. The number of aromatic nitrogens is 3. The number of benzene rings is 1. The summed E-state index contributed by atoms with van der Waals surface area (Å²) in [6.45, 7) is 2.06. The average molecular weight is 422 g/mol. The van der Waals surface area contributed by atoms with Crippen LogP contribution in [0.4, 0.5) is 4.39 Å². The van der Waals surface area contributed by atoms with Crippen LogP contribution in [0.3, 0.4) is 0 Å². The largest absolute Gasteiger partial charge is 0.471 e. The minimum absolute atomic E-state index is 0.0449. The fraction of sp³-hybridized carbons (Fsp3) is 0.389. The van der Waals surface area contributed by atoms with Gasteiger partial charge in [-0.05, 0) is 31.0 Å². The molecule has 1 fully saturated rings. The third kappa shape index (κ3) is 3.40. The molecule has 1 saturated heterocycles. The van der Waals surface area contributed by atoms with Crippen LogP contribution in [0.1, 0.15) is 19.0 Å². The summed E-state index contributed by atoms with van der Waals surface area (Å²) in [7, 11) is -2.31. The molecule has 29 heavy (non-hydrogen) atoms. The molecule has 0 saturated carbocycles. The predicted octanol–water partition coefficient (Wildman–Crippen LogP) is 1.46. The number of aryl methyl sites for hydroxylation is 2. The zero-order valence-corrected chi connectivity index (χ0v) is 16.6. The van der Waals surface area contributed by atoms with Gasteiger partial charge in [-0.3, -0.25) is 4.57 Å². The summed E-state index contributed by atoms with van der Waals surface area (Å²) in [5.74, 6) is -1.36. The van der Waals surface area contributed by atoms with E-state index in [9.17, 15) is 17.6 Å². The first-order chi connectivity index (χ1) is 13.8. The number of rotatable bonds is 5. The minimum atomic E-state index is -3.82. The standard InChI is InChI=1S/C18H19FN4O5S/c1-3-13-16(19)17(21-10-20-13)27-11-6-7-23(9-11)29(25,26)12-4-5-15-14(8-12)22(2)18(24)28-15/h4-5,8,10-11H,3,6-7,9H2,1-2H3. The van der Waals surface area contributed by atoms with Crippen molar-refractivity contribution in [1.82, 2.24) is 18.8 Å². The molecule has 0 bridgehead atoms. The number of sulfonamides is 1. The fourth-order valence-corrected chi connectivity index (χ4v) is 4.81. The van der Waals surface area contributed by atoms with E-state index in [1.807, 2.05) is 0 Å². The molecule has 154 valence electrons. The van der Waals surface area contributed by atoms with Crippen molar-refractivity contribution in [2.24, 2.45) is 7.05 Å². The van der Waals surface area contributed by atoms with Gasteiger partial charge in [-0.2, -0.15) is 13.7 Å². The predicted molar refractivity (Wildman–Crippen MR) is 101 cm³/mol. The van der Waals surface area contributed by atoms with Gasteiger partial charge >= 0.3 is 5.76 Å². The highest BCUT2D eigenvalue weighted by molar-refractivity contribution is 7.89. The van der Waals surface area contributed by atoms with E-state index in [4.69, 9.17) is 9.15 Å². The lowest BCUT2D eigenvalue weighted by Crippen LogP contribution is -2.31. The monoisotopic (exact) mass is 422 g/mol. The summed E-state index contributed by atoms with van der Waals surface area (Å²) >= 11 is 0. The van der Waals surface area contributed by atoms with Gasteiger partial charge in [0.25, 0.3) is 5.88 Å². The van der Waals surface area contributed by atoms with E-state index in [-0.39, 0.29) is 29.6 Å². The van der Waals surface area contributed by atoms with Gasteiger partial charge in [0.2, 0.25) is 15.8 Å². The Balaban J connectivity index is 1.55. The summed E-state index contributed by atoms with van der Waals surface area (Å²) in [5, 5.41) is 0. The molecule has 9 nitrogen and oxygen atoms in total. The van der Waals surface area contributed by atoms with Crippen LogP contribution in [0.25, 0.3) is 11.1 Å². The molecule has 0 radical (unpaired) electrons. The van der Waals surface area contributed by atoms with Crippen molar-refractivity contribution >= 4 is 21.1 Å². The number of hydrogen-bond donors (Lipinski definition) is 0. The van der Waals surface area contributed by atoms with Crippen LogP contribution in [-0.4, -0.2) is 46.5 Å². The zero-order valence-electron chi connectivity index (χ0n) is 15.8. The second kappa shape index (κ2) is 7.23. The van der Waals surface area contributed by atoms with Crippen molar-refractivity contribution in [3.63, 3.8) is 0 Å². The first-order valence-electron chi connectivity index (χ1n) is 9.07. The van der Waals surface area contributed by atoms with Gasteiger partial charge in [0.15, 0.2) is 5.58 Å².